The van der Waals surface area contributed by atoms with E-state index < -0.39 is 15.1 Å². The lowest BCUT2D eigenvalue weighted by molar-refractivity contribution is -0.134. The molecule has 0 spiro atoms. The van der Waals surface area contributed by atoms with Gasteiger partial charge in [0.05, 0.1) is 16.2 Å². The molecule has 174 valence electrons. The van der Waals surface area contributed by atoms with Gasteiger partial charge in [-0.15, -0.1) is 0 Å². The first-order valence-electron chi connectivity index (χ1n) is 10.9. The molecule has 1 aromatic heterocycles. The number of nitrogens with two attached hydrogens (primary N) is 1. The number of carbonyl (C=O) groups excluding carboxylic acids is 1. The highest BCUT2D eigenvalue weighted by molar-refractivity contribution is 7.92. The van der Waals surface area contributed by atoms with Crippen molar-refractivity contribution < 1.29 is 13.2 Å². The Bertz CT molecular complexity index is 1250. The van der Waals surface area contributed by atoms with Gasteiger partial charge in [0.2, 0.25) is 5.91 Å². The summed E-state index contributed by atoms with van der Waals surface area (Å²) in [6.45, 7) is 3.09. The Balaban J connectivity index is 1.39. The smallest absolute Gasteiger partial charge is 0.238 e. The zero-order valence-electron chi connectivity index (χ0n) is 18.4. The molecule has 2 heterocycles. The molecule has 1 unspecified atom stereocenters. The number of benzene rings is 2. The minimum absolute atomic E-state index is 0.115. The largest absolute Gasteiger partial charge is 0.371 e. The van der Waals surface area contributed by atoms with E-state index in [0.717, 1.165) is 42.4 Å². The second-order valence-electron chi connectivity index (χ2n) is 8.44. The molecule has 33 heavy (non-hydrogen) atoms. The molecule has 0 saturated carbocycles. The van der Waals surface area contributed by atoms with Gasteiger partial charge in [-0.2, -0.15) is 0 Å². The van der Waals surface area contributed by atoms with Crippen LogP contribution < -0.4 is 10.7 Å². The van der Waals surface area contributed by atoms with Gasteiger partial charge in [0.1, 0.15) is 0 Å². The van der Waals surface area contributed by atoms with Crippen LogP contribution in [0.2, 0.25) is 5.02 Å². The average molecular weight is 487 g/mol. The number of pyridine rings is 1. The van der Waals surface area contributed by atoms with Crippen molar-refractivity contribution in [2.45, 2.75) is 42.4 Å². The van der Waals surface area contributed by atoms with Gasteiger partial charge in [-0.3, -0.25) is 14.8 Å². The third kappa shape index (κ3) is 5.13. The van der Waals surface area contributed by atoms with E-state index >= 15 is 0 Å². The predicted molar refractivity (Wildman–Crippen MR) is 131 cm³/mol. The zero-order chi connectivity index (χ0) is 23.6. The summed E-state index contributed by atoms with van der Waals surface area (Å²) in [7, 11) is -3.69. The maximum absolute atomic E-state index is 13.1. The van der Waals surface area contributed by atoms with Gasteiger partial charge in [0.15, 0.2) is 9.84 Å². The first-order chi connectivity index (χ1) is 15.8. The second-order valence-corrected chi connectivity index (χ2v) is 11.2. The molecule has 1 aliphatic rings. The number of fused-ring (bicyclic) bond motifs is 1. The number of piperidine rings is 1. The standard InChI is InChI=1S/C24H27ClN4O3S/c1-17(33(31,32)23-5-3-18-15-20(25)4-2-19(18)16-23)14-24(30)29(26)22-8-12-28(13-9-22)21-6-10-27-11-7-21/h2-7,10-11,15-17,22H,8-9,12-14,26H2,1H3. The third-order valence-electron chi connectivity index (χ3n) is 6.27. The molecule has 0 aliphatic carbocycles. The van der Waals surface area contributed by atoms with Gasteiger partial charge in [-0.1, -0.05) is 23.7 Å². The highest BCUT2D eigenvalue weighted by atomic mass is 35.5. The quantitative estimate of drug-likeness (QED) is 0.323. The van der Waals surface area contributed by atoms with Gasteiger partial charge in [-0.05, 0) is 66.9 Å². The van der Waals surface area contributed by atoms with Crippen molar-refractivity contribution in [2.24, 2.45) is 5.84 Å². The van der Waals surface area contributed by atoms with E-state index in [1.807, 2.05) is 12.1 Å². The van der Waals surface area contributed by atoms with Crippen LogP contribution in [0.1, 0.15) is 26.2 Å². The van der Waals surface area contributed by atoms with E-state index in [0.29, 0.717) is 5.02 Å². The fraction of sp³-hybridized carbons (Fsp3) is 0.333. The topological polar surface area (TPSA) is 96.6 Å². The van der Waals surface area contributed by atoms with E-state index in [2.05, 4.69) is 9.88 Å². The maximum atomic E-state index is 13.1. The molecule has 1 amide bonds. The fourth-order valence-electron chi connectivity index (χ4n) is 4.23. The Kier molecular flexibility index (Phi) is 6.88. The van der Waals surface area contributed by atoms with E-state index in [9.17, 15) is 13.2 Å². The molecule has 7 nitrogen and oxygen atoms in total. The summed E-state index contributed by atoms with van der Waals surface area (Å²) in [6.07, 6.45) is 4.79. The predicted octanol–water partition coefficient (Wildman–Crippen LogP) is 3.81. The molecule has 9 heteroatoms. The normalized spacial score (nSPS) is 16.0. The molecule has 2 N–H and O–H groups in total. The fourth-order valence-corrected chi connectivity index (χ4v) is 5.78. The molecule has 0 radical (unpaired) electrons. The van der Waals surface area contributed by atoms with E-state index in [4.69, 9.17) is 17.4 Å². The van der Waals surface area contributed by atoms with Crippen molar-refractivity contribution in [3.8, 4) is 0 Å². The number of anilines is 1. The van der Waals surface area contributed by atoms with Crippen LogP contribution >= 0.6 is 11.6 Å². The lowest BCUT2D eigenvalue weighted by Crippen LogP contribution is -2.51. The number of sulfone groups is 1. The van der Waals surface area contributed by atoms with Crippen molar-refractivity contribution in [2.75, 3.05) is 18.0 Å². The summed E-state index contributed by atoms with van der Waals surface area (Å²) in [5.74, 6) is 5.78. The third-order valence-corrected chi connectivity index (χ3v) is 8.64. The van der Waals surface area contributed by atoms with Gasteiger partial charge >= 0.3 is 0 Å². The van der Waals surface area contributed by atoms with Crippen molar-refractivity contribution >= 4 is 43.8 Å². The van der Waals surface area contributed by atoms with Crippen LogP contribution in [-0.4, -0.2) is 48.7 Å². The van der Waals surface area contributed by atoms with Crippen LogP contribution in [0.5, 0.6) is 0 Å². The van der Waals surface area contributed by atoms with Crippen LogP contribution in [0.3, 0.4) is 0 Å². The number of hydrogen-bond donors (Lipinski definition) is 1. The zero-order valence-corrected chi connectivity index (χ0v) is 20.0. The first kappa shape index (κ1) is 23.5. The van der Waals surface area contributed by atoms with E-state index in [1.54, 1.807) is 55.7 Å². The van der Waals surface area contributed by atoms with Gasteiger partial charge in [0.25, 0.3) is 0 Å². The Morgan fingerprint density at radius 1 is 1.12 bits per heavy atom. The second kappa shape index (κ2) is 9.67. The molecule has 0 bridgehead atoms. The number of halogens is 1. The van der Waals surface area contributed by atoms with Crippen molar-refractivity contribution in [1.29, 1.82) is 0 Å². The SMILES string of the molecule is CC(CC(=O)N(N)C1CCN(c2ccncc2)CC1)S(=O)(=O)c1ccc2cc(Cl)ccc2c1. The van der Waals surface area contributed by atoms with E-state index in [1.165, 1.54) is 5.01 Å². The first-order valence-corrected chi connectivity index (χ1v) is 12.8. The Morgan fingerprint density at radius 2 is 1.76 bits per heavy atom. The van der Waals surface area contributed by atoms with E-state index in [-0.39, 0.29) is 23.3 Å². The Labute approximate surface area is 199 Å². The molecule has 2 aromatic carbocycles. The average Bonchev–Trinajstić information content (AvgIpc) is 2.83. The number of aromatic nitrogens is 1. The lowest BCUT2D eigenvalue weighted by atomic mass is 10.0. The minimum Gasteiger partial charge on any atom is -0.371 e. The number of nitrogens with zero attached hydrogens (tertiary/aromatic N) is 3. The highest BCUT2D eigenvalue weighted by Crippen LogP contribution is 2.26. The summed E-state index contributed by atoms with van der Waals surface area (Å²) in [5.41, 5.74) is 1.09. The summed E-state index contributed by atoms with van der Waals surface area (Å²) >= 11 is 6.01. The van der Waals surface area contributed by atoms with Gasteiger partial charge in [0, 0.05) is 42.6 Å². The minimum atomic E-state index is -3.69. The summed E-state index contributed by atoms with van der Waals surface area (Å²) in [5, 5.41) is 2.57. The van der Waals surface area contributed by atoms with Crippen LogP contribution in [0, 0.1) is 0 Å². The van der Waals surface area contributed by atoms with Crippen molar-refractivity contribution in [3.05, 3.63) is 65.9 Å². The number of hydrazine groups is 1. The number of amides is 1. The Hall–Kier alpha value is -2.68. The summed E-state index contributed by atoms with van der Waals surface area (Å²) in [6, 6.07) is 14.0. The summed E-state index contributed by atoms with van der Waals surface area (Å²) < 4.78 is 26.3. The molecule has 4 rings (SSSR count). The van der Waals surface area contributed by atoms with Crippen LogP contribution in [0.15, 0.2) is 65.8 Å². The molecule has 1 saturated heterocycles. The number of hydrogen-bond acceptors (Lipinski definition) is 6. The molecule has 1 atom stereocenters. The maximum Gasteiger partial charge on any atom is 0.238 e. The van der Waals surface area contributed by atoms with Gasteiger partial charge < -0.3 is 4.90 Å². The highest BCUT2D eigenvalue weighted by Gasteiger charge is 2.31. The summed E-state index contributed by atoms with van der Waals surface area (Å²) in [4.78, 5) is 19.3. The van der Waals surface area contributed by atoms with Crippen molar-refractivity contribution in [3.63, 3.8) is 0 Å². The molecular formula is C24H27ClN4O3S. The molecule has 3 aromatic rings. The molecule has 1 fully saturated rings. The lowest BCUT2D eigenvalue weighted by Gasteiger charge is -2.37. The van der Waals surface area contributed by atoms with Crippen LogP contribution in [0.25, 0.3) is 10.8 Å². The monoisotopic (exact) mass is 486 g/mol. The number of rotatable bonds is 6. The van der Waals surface area contributed by atoms with Crippen LogP contribution in [0.4, 0.5) is 5.69 Å². The number of carbonyl (C=O) groups is 1. The Morgan fingerprint density at radius 3 is 2.45 bits per heavy atom. The van der Waals surface area contributed by atoms with Crippen molar-refractivity contribution in [1.82, 2.24) is 9.99 Å². The molecular weight excluding hydrogens is 460 g/mol. The van der Waals surface area contributed by atoms with Gasteiger partial charge in [-0.25, -0.2) is 14.3 Å². The van der Waals surface area contributed by atoms with Crippen LogP contribution in [-0.2, 0) is 14.6 Å². The molecule has 1 aliphatic heterocycles.